The predicted octanol–water partition coefficient (Wildman–Crippen LogP) is 2.46. The molecule has 2 aliphatic rings. The molecule has 2 aliphatic heterocycles. The molecule has 188 valence electrons. The molecule has 1 spiro atoms. The van der Waals surface area contributed by atoms with Crippen LogP contribution in [0, 0.1) is 20.8 Å². The van der Waals surface area contributed by atoms with E-state index < -0.39 is 17.3 Å². The number of benzene rings is 1. The maximum atomic E-state index is 13.9. The van der Waals surface area contributed by atoms with Crippen LogP contribution in [-0.4, -0.2) is 68.8 Å². The summed E-state index contributed by atoms with van der Waals surface area (Å²) in [5.41, 5.74) is 2.30. The van der Waals surface area contributed by atoms with E-state index >= 15 is 0 Å². The number of hydrogen-bond acceptors (Lipinski definition) is 8. The van der Waals surface area contributed by atoms with Crippen LogP contribution >= 0.6 is 11.6 Å². The Balaban J connectivity index is 2.17. The Morgan fingerprint density at radius 2 is 1.82 bits per heavy atom. The Morgan fingerprint density at radius 1 is 1.15 bits per heavy atom. The third kappa shape index (κ3) is 5.15. The van der Waals surface area contributed by atoms with Crippen LogP contribution in [-0.2, 0) is 28.7 Å². The average molecular weight is 498 g/mol. The Labute approximate surface area is 205 Å². The molecule has 2 heterocycles. The molecule has 2 unspecified atom stereocenters. The highest BCUT2D eigenvalue weighted by Crippen LogP contribution is 2.39. The van der Waals surface area contributed by atoms with Gasteiger partial charge in [0.25, 0.3) is 0 Å². The molecule has 1 saturated heterocycles. The highest BCUT2D eigenvalue weighted by atomic mass is 35.5. The van der Waals surface area contributed by atoms with Crippen LogP contribution in [0.4, 0.5) is 4.79 Å². The van der Waals surface area contributed by atoms with Crippen molar-refractivity contribution in [3.63, 3.8) is 0 Å². The van der Waals surface area contributed by atoms with Crippen LogP contribution < -0.4 is 5.06 Å². The van der Waals surface area contributed by atoms with Gasteiger partial charge in [0.1, 0.15) is 12.2 Å². The van der Waals surface area contributed by atoms with E-state index in [0.717, 1.165) is 16.7 Å². The molecule has 10 heteroatoms. The van der Waals surface area contributed by atoms with Crippen LogP contribution in [0.3, 0.4) is 0 Å². The molecule has 0 saturated carbocycles. The highest BCUT2D eigenvalue weighted by Gasteiger charge is 2.62. The zero-order valence-corrected chi connectivity index (χ0v) is 21.4. The number of halogens is 1. The molecule has 34 heavy (non-hydrogen) atoms. The fourth-order valence-corrected chi connectivity index (χ4v) is 4.64. The summed E-state index contributed by atoms with van der Waals surface area (Å²) in [6.07, 6.45) is -0.0428. The number of quaternary nitrogens is 1. The molecule has 1 N–H and O–H groups in total. The lowest BCUT2D eigenvalue weighted by atomic mass is 9.85. The summed E-state index contributed by atoms with van der Waals surface area (Å²) in [7, 11) is 3.17. The third-order valence-electron chi connectivity index (χ3n) is 6.67. The van der Waals surface area contributed by atoms with Crippen molar-refractivity contribution in [3.05, 3.63) is 40.1 Å². The van der Waals surface area contributed by atoms with Gasteiger partial charge in [0, 0.05) is 33.0 Å². The van der Waals surface area contributed by atoms with E-state index in [2.05, 4.69) is 0 Å². The van der Waals surface area contributed by atoms with Crippen molar-refractivity contribution in [2.24, 2.45) is 0 Å². The van der Waals surface area contributed by atoms with Crippen molar-refractivity contribution in [1.82, 2.24) is 5.06 Å². The molecule has 2 atom stereocenters. The number of nitrogens with one attached hydrogen (secondary N) is 1. The van der Waals surface area contributed by atoms with Crippen LogP contribution in [0.2, 0.25) is 0 Å². The van der Waals surface area contributed by atoms with Gasteiger partial charge in [-0.15, -0.1) is 5.06 Å². The molecule has 1 aromatic rings. The minimum atomic E-state index is -0.962. The van der Waals surface area contributed by atoms with Gasteiger partial charge in [0.05, 0.1) is 13.7 Å². The van der Waals surface area contributed by atoms with E-state index in [1.165, 1.54) is 6.92 Å². The molecular weight excluding hydrogens is 464 g/mol. The minimum Gasteiger partial charge on any atom is -0.415 e. The van der Waals surface area contributed by atoms with Gasteiger partial charge in [-0.3, -0.25) is 0 Å². The number of rotatable bonds is 8. The van der Waals surface area contributed by atoms with Gasteiger partial charge in [-0.1, -0.05) is 23.7 Å². The van der Waals surface area contributed by atoms with Crippen LogP contribution in [0.1, 0.15) is 42.0 Å². The number of alkyl halides is 1. The van der Waals surface area contributed by atoms with E-state index in [1.54, 1.807) is 19.3 Å². The molecule has 3 rings (SSSR count). The number of hydrogen-bond donors (Lipinski definition) is 1. The lowest BCUT2D eigenvalue weighted by Crippen LogP contribution is -3.20. The van der Waals surface area contributed by atoms with Gasteiger partial charge in [0.2, 0.25) is 0 Å². The second-order valence-electron chi connectivity index (χ2n) is 8.59. The number of aryl methyl sites for hydroxylation is 1. The van der Waals surface area contributed by atoms with Gasteiger partial charge >= 0.3 is 12.1 Å². The van der Waals surface area contributed by atoms with Crippen molar-refractivity contribution < 1.29 is 38.5 Å². The summed E-state index contributed by atoms with van der Waals surface area (Å²) in [4.78, 5) is 38.0. The fourth-order valence-electron chi connectivity index (χ4n) is 4.57. The molecule has 0 aromatic heterocycles. The van der Waals surface area contributed by atoms with Gasteiger partial charge in [0.15, 0.2) is 16.9 Å². The van der Waals surface area contributed by atoms with Crippen molar-refractivity contribution in [3.8, 4) is 0 Å². The standard InChI is InChI=1S/C24H33ClN2O7/c1-15-7-8-19(17(3)16(15)2)20-21(34-23(29)33-18(4)25)24(9-11-26(31-6)12-10-24)27(22(20)28)32-14-13-30-5/h7-8,18H,9-14H2,1-6H3/p+1. The van der Waals surface area contributed by atoms with Crippen LogP contribution in [0.5, 0.6) is 0 Å². The average Bonchev–Trinajstić information content (AvgIpc) is 3.00. The Bertz CT molecular complexity index is 955. The van der Waals surface area contributed by atoms with Crippen LogP contribution in [0.25, 0.3) is 5.57 Å². The smallest absolute Gasteiger partial charge is 0.415 e. The first kappa shape index (κ1) is 26.6. The molecule has 0 aliphatic carbocycles. The van der Waals surface area contributed by atoms with Crippen LogP contribution in [0.15, 0.2) is 17.9 Å². The maximum absolute atomic E-state index is 13.9. The van der Waals surface area contributed by atoms with Gasteiger partial charge in [-0.25, -0.2) is 9.59 Å². The zero-order chi connectivity index (χ0) is 25.0. The van der Waals surface area contributed by atoms with Crippen molar-refractivity contribution in [1.29, 1.82) is 0 Å². The van der Waals surface area contributed by atoms with Crippen molar-refractivity contribution in [2.75, 3.05) is 40.5 Å². The number of nitrogens with zero attached hydrogens (tertiary/aromatic N) is 1. The summed E-state index contributed by atoms with van der Waals surface area (Å²) in [5, 5.41) is 2.06. The fraction of sp³-hybridized carbons (Fsp3) is 0.583. The number of amides is 1. The molecule has 1 fully saturated rings. The first-order valence-corrected chi connectivity index (χ1v) is 11.8. The first-order valence-electron chi connectivity index (χ1n) is 11.3. The zero-order valence-electron chi connectivity index (χ0n) is 20.7. The molecule has 0 bridgehead atoms. The topological polar surface area (TPSA) is 88.0 Å². The Hall–Kier alpha value is -2.01. The molecule has 1 aromatic carbocycles. The normalized spacial score (nSPS) is 21.3. The van der Waals surface area contributed by atoms with Crippen molar-refractivity contribution >= 4 is 29.2 Å². The molecular formula is C24H34ClN2O7+. The summed E-state index contributed by atoms with van der Waals surface area (Å²) in [6, 6.07) is 3.85. The third-order valence-corrected chi connectivity index (χ3v) is 6.76. The monoisotopic (exact) mass is 497 g/mol. The number of methoxy groups -OCH3 is 1. The number of ether oxygens (including phenoxy) is 3. The second-order valence-corrected chi connectivity index (χ2v) is 9.20. The number of carbonyl (C=O) groups excluding carboxylic acids is 2. The largest absolute Gasteiger partial charge is 0.515 e. The SMILES string of the molecule is COCCO[NH+]1C(=O)C(c2ccc(C)c(C)c2C)=C(OC(=O)OC(C)Cl)C12CCN(OC)CC2. The van der Waals surface area contributed by atoms with E-state index in [0.29, 0.717) is 43.7 Å². The predicted molar refractivity (Wildman–Crippen MR) is 125 cm³/mol. The number of hydroxylamine groups is 4. The molecule has 9 nitrogen and oxygen atoms in total. The van der Waals surface area contributed by atoms with Crippen molar-refractivity contribution in [2.45, 2.75) is 51.6 Å². The summed E-state index contributed by atoms with van der Waals surface area (Å²) < 4.78 is 16.0. The van der Waals surface area contributed by atoms with E-state index in [-0.39, 0.29) is 23.3 Å². The lowest BCUT2D eigenvalue weighted by molar-refractivity contribution is -1.06. The quantitative estimate of drug-likeness (QED) is 0.333. The number of piperidine rings is 1. The minimum absolute atomic E-state index is 0.197. The highest BCUT2D eigenvalue weighted by molar-refractivity contribution is 6.20. The summed E-state index contributed by atoms with van der Waals surface area (Å²) in [6.45, 7) is 9.05. The van der Waals surface area contributed by atoms with Gasteiger partial charge < -0.3 is 19.0 Å². The summed E-state index contributed by atoms with van der Waals surface area (Å²) in [5.74, 6) is -0.0515. The first-order chi connectivity index (χ1) is 16.2. The summed E-state index contributed by atoms with van der Waals surface area (Å²) >= 11 is 5.86. The molecule has 0 radical (unpaired) electrons. The Morgan fingerprint density at radius 3 is 2.41 bits per heavy atom. The van der Waals surface area contributed by atoms with Gasteiger partial charge in [-0.2, -0.15) is 9.90 Å². The maximum Gasteiger partial charge on any atom is 0.515 e. The Kier molecular flexibility index (Phi) is 8.72. The second kappa shape index (κ2) is 11.2. The lowest BCUT2D eigenvalue weighted by Gasteiger charge is -2.39. The number of carbonyl (C=O) groups is 2. The molecule has 1 amide bonds. The van der Waals surface area contributed by atoms with E-state index in [9.17, 15) is 9.59 Å². The van der Waals surface area contributed by atoms with E-state index in [1.807, 2.05) is 32.9 Å². The van der Waals surface area contributed by atoms with Gasteiger partial charge in [-0.05, 0) is 49.9 Å². The van der Waals surface area contributed by atoms with E-state index in [4.69, 9.17) is 35.5 Å².